The van der Waals surface area contributed by atoms with Gasteiger partial charge in [-0.05, 0) is 36.8 Å². The van der Waals surface area contributed by atoms with Gasteiger partial charge in [-0.2, -0.15) is 0 Å². The van der Waals surface area contributed by atoms with E-state index in [-0.39, 0.29) is 4.90 Å². The van der Waals surface area contributed by atoms with Crippen LogP contribution in [0.5, 0.6) is 0 Å². The first-order chi connectivity index (χ1) is 11.9. The Hall–Kier alpha value is -2.52. The third kappa shape index (κ3) is 3.77. The fourth-order valence-corrected chi connectivity index (χ4v) is 4.21. The third-order valence-electron chi connectivity index (χ3n) is 3.43. The van der Waals surface area contributed by atoms with Gasteiger partial charge in [0, 0.05) is 17.5 Å². The largest absolute Gasteiger partial charge is 0.340 e. The first-order valence-electron chi connectivity index (χ1n) is 7.53. The number of sulfonamides is 1. The molecule has 7 nitrogen and oxygen atoms in total. The smallest absolute Gasteiger partial charge is 0.264 e. The second-order valence-corrected chi connectivity index (χ2v) is 8.12. The number of hydrogen-bond donors (Lipinski definition) is 2. The minimum atomic E-state index is -3.84. The highest BCUT2D eigenvalue weighted by atomic mass is 32.2. The van der Waals surface area contributed by atoms with E-state index in [1.54, 1.807) is 23.5 Å². The van der Waals surface area contributed by atoms with Gasteiger partial charge in [0.15, 0.2) is 0 Å². The molecule has 0 bridgehead atoms. The molecule has 0 saturated heterocycles. The van der Waals surface area contributed by atoms with E-state index in [1.807, 2.05) is 4.72 Å². The van der Waals surface area contributed by atoms with Crippen molar-refractivity contribution in [1.29, 1.82) is 0 Å². The van der Waals surface area contributed by atoms with Crippen molar-refractivity contribution in [3.63, 3.8) is 0 Å². The zero-order valence-corrected chi connectivity index (χ0v) is 15.2. The standard InChI is InChI=1S/C16H16N4O3S2/c1-3-12-8-14-15(17-9-18-16(14)24-12)19-11-4-6-13(7-5-11)25(22,23)20-10(2)21/h4-9H,3H2,1-2H3,(H,20,21)(H,17,18,19). The molecule has 3 rings (SSSR count). The minimum Gasteiger partial charge on any atom is -0.340 e. The fourth-order valence-electron chi connectivity index (χ4n) is 2.28. The number of hydrogen-bond acceptors (Lipinski definition) is 7. The fraction of sp³-hybridized carbons (Fsp3) is 0.188. The van der Waals surface area contributed by atoms with E-state index < -0.39 is 15.9 Å². The lowest BCUT2D eigenvalue weighted by molar-refractivity contribution is -0.117. The van der Waals surface area contributed by atoms with E-state index in [0.29, 0.717) is 11.5 Å². The first-order valence-corrected chi connectivity index (χ1v) is 9.83. The molecule has 3 aromatic rings. The average Bonchev–Trinajstić information content (AvgIpc) is 2.98. The van der Waals surface area contributed by atoms with Crippen molar-refractivity contribution < 1.29 is 13.2 Å². The number of nitrogens with one attached hydrogen (secondary N) is 2. The second kappa shape index (κ2) is 6.77. The number of aromatic nitrogens is 2. The van der Waals surface area contributed by atoms with Crippen LogP contribution in [0.15, 0.2) is 41.6 Å². The van der Waals surface area contributed by atoms with Crippen molar-refractivity contribution in [1.82, 2.24) is 14.7 Å². The molecular weight excluding hydrogens is 360 g/mol. The first kappa shape index (κ1) is 17.3. The van der Waals surface area contributed by atoms with E-state index in [4.69, 9.17) is 0 Å². The molecule has 0 spiro atoms. The van der Waals surface area contributed by atoms with Crippen LogP contribution >= 0.6 is 11.3 Å². The van der Waals surface area contributed by atoms with Crippen LogP contribution in [-0.2, 0) is 21.2 Å². The molecule has 0 fully saturated rings. The van der Waals surface area contributed by atoms with E-state index in [9.17, 15) is 13.2 Å². The molecule has 0 aliphatic rings. The number of aryl methyl sites for hydroxylation is 1. The number of carbonyl (C=O) groups is 1. The molecule has 0 aliphatic carbocycles. The number of amides is 1. The zero-order chi connectivity index (χ0) is 18.0. The summed E-state index contributed by atoms with van der Waals surface area (Å²) < 4.78 is 25.8. The molecular formula is C16H16N4O3S2. The van der Waals surface area contributed by atoms with Crippen LogP contribution in [0.1, 0.15) is 18.7 Å². The minimum absolute atomic E-state index is 0.0184. The highest BCUT2D eigenvalue weighted by molar-refractivity contribution is 7.90. The van der Waals surface area contributed by atoms with Gasteiger partial charge in [0.1, 0.15) is 17.0 Å². The predicted octanol–water partition coefficient (Wildman–Crippen LogP) is 2.82. The molecule has 2 aromatic heterocycles. The number of nitrogens with zero attached hydrogens (tertiary/aromatic N) is 2. The van der Waals surface area contributed by atoms with Gasteiger partial charge in [-0.15, -0.1) is 11.3 Å². The number of rotatable bonds is 5. The number of benzene rings is 1. The van der Waals surface area contributed by atoms with Crippen LogP contribution in [0.4, 0.5) is 11.5 Å². The van der Waals surface area contributed by atoms with Crippen molar-refractivity contribution in [3.8, 4) is 0 Å². The molecule has 0 aliphatic heterocycles. The van der Waals surface area contributed by atoms with Gasteiger partial charge in [-0.25, -0.2) is 23.1 Å². The summed E-state index contributed by atoms with van der Waals surface area (Å²) in [5.74, 6) is 0.0354. The van der Waals surface area contributed by atoms with Crippen molar-refractivity contribution in [3.05, 3.63) is 41.5 Å². The Balaban J connectivity index is 1.87. The Kier molecular flexibility index (Phi) is 4.69. The molecule has 0 atom stereocenters. The zero-order valence-electron chi connectivity index (χ0n) is 13.6. The summed E-state index contributed by atoms with van der Waals surface area (Å²) in [6, 6.07) is 8.15. The molecule has 9 heteroatoms. The van der Waals surface area contributed by atoms with Crippen molar-refractivity contribution in [2.45, 2.75) is 25.2 Å². The number of fused-ring (bicyclic) bond motifs is 1. The van der Waals surface area contributed by atoms with E-state index in [0.717, 1.165) is 23.6 Å². The molecule has 25 heavy (non-hydrogen) atoms. The summed E-state index contributed by atoms with van der Waals surface area (Å²) in [5.41, 5.74) is 0.686. The molecule has 0 unspecified atom stereocenters. The Bertz CT molecular complexity index is 1030. The number of anilines is 2. The molecule has 130 valence electrons. The van der Waals surface area contributed by atoms with Crippen LogP contribution < -0.4 is 10.0 Å². The predicted molar refractivity (Wildman–Crippen MR) is 97.5 cm³/mol. The molecule has 2 N–H and O–H groups in total. The van der Waals surface area contributed by atoms with E-state index >= 15 is 0 Å². The monoisotopic (exact) mass is 376 g/mol. The summed E-state index contributed by atoms with van der Waals surface area (Å²) in [7, 11) is -3.84. The Labute approximate surface area is 149 Å². The summed E-state index contributed by atoms with van der Waals surface area (Å²) >= 11 is 1.62. The van der Waals surface area contributed by atoms with E-state index in [2.05, 4.69) is 28.3 Å². The topological polar surface area (TPSA) is 101 Å². The normalized spacial score (nSPS) is 11.4. The van der Waals surface area contributed by atoms with Gasteiger partial charge in [0.05, 0.1) is 10.3 Å². The Morgan fingerprint density at radius 2 is 1.92 bits per heavy atom. The lowest BCUT2D eigenvalue weighted by Gasteiger charge is -2.08. The van der Waals surface area contributed by atoms with Crippen molar-refractivity contribution >= 4 is 49.0 Å². The average molecular weight is 376 g/mol. The van der Waals surface area contributed by atoms with Gasteiger partial charge < -0.3 is 5.32 Å². The summed E-state index contributed by atoms with van der Waals surface area (Å²) in [4.78, 5) is 21.7. The summed E-state index contributed by atoms with van der Waals surface area (Å²) in [6.07, 6.45) is 2.42. The van der Waals surface area contributed by atoms with Crippen LogP contribution in [-0.4, -0.2) is 24.3 Å². The highest BCUT2D eigenvalue weighted by Gasteiger charge is 2.15. The van der Waals surface area contributed by atoms with E-state index in [1.165, 1.54) is 23.3 Å². The van der Waals surface area contributed by atoms with Gasteiger partial charge in [0.25, 0.3) is 10.0 Å². The summed E-state index contributed by atoms with van der Waals surface area (Å²) in [5, 5.41) is 4.11. The van der Waals surface area contributed by atoms with Crippen molar-refractivity contribution in [2.75, 3.05) is 5.32 Å². The molecule has 2 heterocycles. The SMILES string of the molecule is CCc1cc2c(Nc3ccc(S(=O)(=O)NC(C)=O)cc3)ncnc2s1. The molecule has 1 aromatic carbocycles. The van der Waals surface area contributed by atoms with Crippen LogP contribution in [0.25, 0.3) is 10.2 Å². The highest BCUT2D eigenvalue weighted by Crippen LogP contribution is 2.30. The van der Waals surface area contributed by atoms with Crippen LogP contribution in [0.3, 0.4) is 0 Å². The second-order valence-electron chi connectivity index (χ2n) is 5.32. The van der Waals surface area contributed by atoms with Gasteiger partial charge in [0.2, 0.25) is 5.91 Å². The van der Waals surface area contributed by atoms with Gasteiger partial charge in [-0.1, -0.05) is 6.92 Å². The Morgan fingerprint density at radius 1 is 1.20 bits per heavy atom. The molecule has 0 radical (unpaired) electrons. The lowest BCUT2D eigenvalue weighted by Crippen LogP contribution is -2.28. The quantitative estimate of drug-likeness (QED) is 0.710. The number of thiophene rings is 1. The molecule has 1 amide bonds. The molecule has 0 saturated carbocycles. The van der Waals surface area contributed by atoms with Crippen LogP contribution in [0.2, 0.25) is 0 Å². The van der Waals surface area contributed by atoms with Crippen LogP contribution in [0, 0.1) is 0 Å². The third-order valence-corrected chi connectivity index (χ3v) is 6.07. The maximum atomic E-state index is 12.0. The maximum Gasteiger partial charge on any atom is 0.264 e. The number of carbonyl (C=O) groups excluding carboxylic acids is 1. The van der Waals surface area contributed by atoms with Crippen molar-refractivity contribution in [2.24, 2.45) is 0 Å². The Morgan fingerprint density at radius 3 is 2.56 bits per heavy atom. The lowest BCUT2D eigenvalue weighted by atomic mass is 10.3. The van der Waals surface area contributed by atoms with Gasteiger partial charge >= 0.3 is 0 Å². The maximum absolute atomic E-state index is 12.0. The van der Waals surface area contributed by atoms with Gasteiger partial charge in [-0.3, -0.25) is 4.79 Å². The summed E-state index contributed by atoms with van der Waals surface area (Å²) in [6.45, 7) is 3.23.